The van der Waals surface area contributed by atoms with Crippen LogP contribution in [0.5, 0.6) is 0 Å². The van der Waals surface area contributed by atoms with Crippen LogP contribution in [0.2, 0.25) is 0 Å². The second-order valence-electron chi connectivity index (χ2n) is 8.19. The highest BCUT2D eigenvalue weighted by atomic mass is 79.9. The zero-order valence-electron chi connectivity index (χ0n) is 17.4. The fraction of sp³-hybridized carbons (Fsp3) is 0.435. The molecule has 0 spiro atoms. The van der Waals surface area contributed by atoms with E-state index >= 15 is 0 Å². The fourth-order valence-electron chi connectivity index (χ4n) is 3.21. The quantitative estimate of drug-likeness (QED) is 0.521. The summed E-state index contributed by atoms with van der Waals surface area (Å²) >= 11 is 3.35. The summed E-state index contributed by atoms with van der Waals surface area (Å²) in [6.45, 7) is 11.9. The van der Waals surface area contributed by atoms with Crippen molar-refractivity contribution in [2.45, 2.75) is 41.0 Å². The van der Waals surface area contributed by atoms with Gasteiger partial charge in [-0.2, -0.15) is 0 Å². The van der Waals surface area contributed by atoms with E-state index in [0.717, 1.165) is 24.2 Å². The number of hydrogen-bond acceptors (Lipinski definition) is 2. The molecule has 2 aromatic rings. The number of amides is 1. The summed E-state index contributed by atoms with van der Waals surface area (Å²) < 4.78 is 15.6. The molecule has 28 heavy (non-hydrogen) atoms. The van der Waals surface area contributed by atoms with E-state index in [1.165, 1.54) is 6.07 Å². The molecule has 0 radical (unpaired) electrons. The zero-order chi connectivity index (χ0) is 20.8. The van der Waals surface area contributed by atoms with E-state index in [0.29, 0.717) is 27.7 Å². The summed E-state index contributed by atoms with van der Waals surface area (Å²) in [6.07, 6.45) is 0.252. The van der Waals surface area contributed by atoms with E-state index < -0.39 is 0 Å². The Hall–Kier alpha value is -1.88. The van der Waals surface area contributed by atoms with Gasteiger partial charge >= 0.3 is 0 Å². The zero-order valence-corrected chi connectivity index (χ0v) is 18.9. The fourth-order valence-corrected chi connectivity index (χ4v) is 3.64. The minimum Gasteiger partial charge on any atom is -0.367 e. The first-order valence-corrected chi connectivity index (χ1v) is 10.5. The number of halogens is 2. The molecule has 0 fully saturated rings. The number of hydrogen-bond donors (Lipinski definition) is 1. The number of carbonyl (C=O) groups is 1. The predicted molar refractivity (Wildman–Crippen MR) is 120 cm³/mol. The van der Waals surface area contributed by atoms with Gasteiger partial charge in [-0.3, -0.25) is 4.79 Å². The number of aryl methyl sites for hydroxylation is 1. The average Bonchev–Trinajstić information content (AvgIpc) is 2.55. The first-order valence-electron chi connectivity index (χ1n) is 9.75. The van der Waals surface area contributed by atoms with Gasteiger partial charge < -0.3 is 10.2 Å². The monoisotopic (exact) mass is 448 g/mol. The maximum atomic E-state index is 15.0. The first kappa shape index (κ1) is 22.4. The van der Waals surface area contributed by atoms with E-state index in [1.54, 1.807) is 6.07 Å². The van der Waals surface area contributed by atoms with Gasteiger partial charge in [-0.25, -0.2) is 4.39 Å². The number of benzene rings is 2. The lowest BCUT2D eigenvalue weighted by Gasteiger charge is -2.31. The third-order valence-corrected chi connectivity index (χ3v) is 4.73. The Morgan fingerprint density at radius 1 is 1.07 bits per heavy atom. The Morgan fingerprint density at radius 2 is 1.64 bits per heavy atom. The number of nitrogens with one attached hydrogen (secondary N) is 1. The number of carbonyl (C=O) groups excluding carboxylic acids is 1. The summed E-state index contributed by atoms with van der Waals surface area (Å²) in [7, 11) is 0. The van der Waals surface area contributed by atoms with Crippen LogP contribution >= 0.6 is 15.9 Å². The van der Waals surface area contributed by atoms with Crippen molar-refractivity contribution in [3.8, 4) is 0 Å². The van der Waals surface area contributed by atoms with E-state index in [9.17, 15) is 9.18 Å². The largest absolute Gasteiger partial charge is 0.367 e. The Kier molecular flexibility index (Phi) is 8.05. The SMILES string of the molecule is Cc1ccc(CC(=O)Nc2cc(Br)cc(F)c2N(CC(C)C)CC(C)C)cc1. The molecule has 2 aromatic carbocycles. The van der Waals surface area contributed by atoms with Crippen molar-refractivity contribution in [3.05, 3.63) is 57.8 Å². The van der Waals surface area contributed by atoms with Crippen molar-refractivity contribution in [2.75, 3.05) is 23.3 Å². The third kappa shape index (κ3) is 6.62. The molecule has 0 unspecified atom stereocenters. The van der Waals surface area contributed by atoms with E-state index in [1.807, 2.05) is 36.1 Å². The molecule has 0 heterocycles. The smallest absolute Gasteiger partial charge is 0.228 e. The Morgan fingerprint density at radius 3 is 2.18 bits per heavy atom. The Balaban J connectivity index is 2.31. The molecule has 0 aliphatic heterocycles. The van der Waals surface area contributed by atoms with Crippen LogP contribution in [-0.4, -0.2) is 19.0 Å². The lowest BCUT2D eigenvalue weighted by Crippen LogP contribution is -2.33. The highest BCUT2D eigenvalue weighted by molar-refractivity contribution is 9.10. The molecule has 0 saturated carbocycles. The van der Waals surface area contributed by atoms with Crippen LogP contribution in [0, 0.1) is 24.6 Å². The van der Waals surface area contributed by atoms with Crippen LogP contribution in [0.1, 0.15) is 38.8 Å². The summed E-state index contributed by atoms with van der Waals surface area (Å²) in [5, 5.41) is 2.93. The second-order valence-corrected chi connectivity index (χ2v) is 9.10. The number of rotatable bonds is 8. The van der Waals surface area contributed by atoms with Crippen LogP contribution in [0.25, 0.3) is 0 Å². The average molecular weight is 449 g/mol. The van der Waals surface area contributed by atoms with Crippen LogP contribution in [0.3, 0.4) is 0 Å². The second kappa shape index (κ2) is 10.1. The topological polar surface area (TPSA) is 32.3 Å². The minimum atomic E-state index is -0.332. The molecule has 0 aromatic heterocycles. The molecule has 0 bridgehead atoms. The molecule has 0 aliphatic rings. The molecule has 0 aliphatic carbocycles. The van der Waals surface area contributed by atoms with Crippen molar-refractivity contribution in [1.29, 1.82) is 0 Å². The molecule has 1 N–H and O–H groups in total. The summed E-state index contributed by atoms with van der Waals surface area (Å²) in [6, 6.07) is 11.1. The van der Waals surface area contributed by atoms with Crippen molar-refractivity contribution in [1.82, 2.24) is 0 Å². The Labute approximate surface area is 176 Å². The van der Waals surface area contributed by atoms with Gasteiger partial charge in [0.15, 0.2) is 0 Å². The van der Waals surface area contributed by atoms with Crippen LogP contribution in [0.4, 0.5) is 15.8 Å². The Bertz CT molecular complexity index is 793. The van der Waals surface area contributed by atoms with Gasteiger partial charge in [-0.05, 0) is 36.5 Å². The number of nitrogens with zero attached hydrogens (tertiary/aromatic N) is 1. The van der Waals surface area contributed by atoms with Crippen LogP contribution in [0.15, 0.2) is 40.9 Å². The lowest BCUT2D eigenvalue weighted by atomic mass is 10.1. The minimum absolute atomic E-state index is 0.156. The standard InChI is InChI=1S/C23H30BrFN2O/c1-15(2)13-27(14-16(3)4)23-20(25)11-19(24)12-21(23)26-22(28)10-18-8-6-17(5)7-9-18/h6-9,11-12,15-16H,10,13-14H2,1-5H3,(H,26,28). The summed E-state index contributed by atoms with van der Waals surface area (Å²) in [5.74, 6) is 0.258. The van der Waals surface area contributed by atoms with E-state index in [4.69, 9.17) is 0 Å². The lowest BCUT2D eigenvalue weighted by molar-refractivity contribution is -0.115. The molecule has 1 amide bonds. The van der Waals surface area contributed by atoms with E-state index in [-0.39, 0.29) is 18.1 Å². The number of anilines is 2. The highest BCUT2D eigenvalue weighted by Crippen LogP contribution is 2.34. The molecule has 0 atom stereocenters. The van der Waals surface area contributed by atoms with Crippen LogP contribution < -0.4 is 10.2 Å². The van der Waals surface area contributed by atoms with Gasteiger partial charge in [0, 0.05) is 17.6 Å². The molecule has 152 valence electrons. The van der Waals surface area contributed by atoms with Gasteiger partial charge in [-0.15, -0.1) is 0 Å². The van der Waals surface area contributed by atoms with Crippen molar-refractivity contribution in [3.63, 3.8) is 0 Å². The first-order chi connectivity index (χ1) is 13.2. The molecule has 5 heteroatoms. The molecular weight excluding hydrogens is 419 g/mol. The third-order valence-electron chi connectivity index (χ3n) is 4.27. The van der Waals surface area contributed by atoms with Gasteiger partial charge in [0.25, 0.3) is 0 Å². The van der Waals surface area contributed by atoms with Gasteiger partial charge in [-0.1, -0.05) is 73.5 Å². The van der Waals surface area contributed by atoms with Crippen LogP contribution in [-0.2, 0) is 11.2 Å². The van der Waals surface area contributed by atoms with Crippen molar-refractivity contribution < 1.29 is 9.18 Å². The van der Waals surface area contributed by atoms with Crippen molar-refractivity contribution >= 4 is 33.2 Å². The summed E-state index contributed by atoms with van der Waals surface area (Å²) in [4.78, 5) is 14.7. The molecule has 0 saturated heterocycles. The molecular formula is C23H30BrFN2O. The molecule has 3 nitrogen and oxygen atoms in total. The van der Waals surface area contributed by atoms with E-state index in [2.05, 4.69) is 48.9 Å². The highest BCUT2D eigenvalue weighted by Gasteiger charge is 2.21. The normalized spacial score (nSPS) is 11.2. The van der Waals surface area contributed by atoms with Gasteiger partial charge in [0.1, 0.15) is 5.82 Å². The maximum Gasteiger partial charge on any atom is 0.228 e. The van der Waals surface area contributed by atoms with Gasteiger partial charge in [0.2, 0.25) is 5.91 Å². The van der Waals surface area contributed by atoms with Gasteiger partial charge in [0.05, 0.1) is 17.8 Å². The predicted octanol–water partition coefficient (Wildman–Crippen LogP) is 6.20. The summed E-state index contributed by atoms with van der Waals surface area (Å²) in [5.41, 5.74) is 3.05. The maximum absolute atomic E-state index is 15.0. The molecule has 2 rings (SSSR count). The van der Waals surface area contributed by atoms with Crippen molar-refractivity contribution in [2.24, 2.45) is 11.8 Å².